The van der Waals surface area contributed by atoms with Crippen molar-refractivity contribution in [3.8, 4) is 5.75 Å². The van der Waals surface area contributed by atoms with Crippen molar-refractivity contribution in [1.82, 2.24) is 4.90 Å². The summed E-state index contributed by atoms with van der Waals surface area (Å²) in [7, 11) is 0. The molecule has 0 unspecified atom stereocenters. The van der Waals surface area contributed by atoms with E-state index in [9.17, 15) is 10.2 Å². The first kappa shape index (κ1) is 22.5. The maximum atomic E-state index is 12.0. The number of nitrogens with zero attached hydrogens (tertiary/aromatic N) is 1. The Bertz CT molecular complexity index is 911. The van der Waals surface area contributed by atoms with E-state index in [1.54, 1.807) is 0 Å². The Morgan fingerprint density at radius 2 is 1.41 bits per heavy atom. The third kappa shape index (κ3) is 5.21. The molecule has 1 aliphatic rings. The van der Waals surface area contributed by atoms with Gasteiger partial charge in [-0.05, 0) is 62.0 Å². The van der Waals surface area contributed by atoms with Crippen LogP contribution in [0, 0.1) is 12.8 Å². The molecule has 2 N–H and O–H groups in total. The van der Waals surface area contributed by atoms with Crippen LogP contribution in [0.25, 0.3) is 0 Å². The summed E-state index contributed by atoms with van der Waals surface area (Å²) in [5.41, 5.74) is 2.06. The third-order valence-corrected chi connectivity index (χ3v) is 6.54. The highest BCUT2D eigenvalue weighted by molar-refractivity contribution is 5.37. The van der Waals surface area contributed by atoms with Gasteiger partial charge in [0.05, 0.1) is 0 Å². The number of hydrogen-bond acceptors (Lipinski definition) is 4. The summed E-state index contributed by atoms with van der Waals surface area (Å²) < 4.78 is 5.74. The summed E-state index contributed by atoms with van der Waals surface area (Å²) in [4.78, 5) is 2.27. The molecule has 1 fully saturated rings. The van der Waals surface area contributed by atoms with E-state index in [-0.39, 0.29) is 12.5 Å². The smallest absolute Gasteiger partial charge is 0.119 e. The topological polar surface area (TPSA) is 52.9 Å². The van der Waals surface area contributed by atoms with Crippen LogP contribution in [0.3, 0.4) is 0 Å². The van der Waals surface area contributed by atoms with Crippen molar-refractivity contribution < 1.29 is 14.9 Å². The molecule has 0 aromatic heterocycles. The van der Waals surface area contributed by atoms with E-state index >= 15 is 0 Å². The van der Waals surface area contributed by atoms with E-state index < -0.39 is 11.7 Å². The zero-order chi connectivity index (χ0) is 22.4. The van der Waals surface area contributed by atoms with Crippen LogP contribution in [0.5, 0.6) is 5.75 Å². The van der Waals surface area contributed by atoms with Gasteiger partial charge >= 0.3 is 0 Å². The Labute approximate surface area is 191 Å². The van der Waals surface area contributed by atoms with E-state index in [2.05, 4.69) is 4.90 Å². The molecule has 1 saturated heterocycles. The zero-order valence-corrected chi connectivity index (χ0v) is 18.7. The molecular formula is C28H33NO3. The minimum absolute atomic E-state index is 0.115. The fourth-order valence-corrected chi connectivity index (χ4v) is 4.73. The first-order valence-corrected chi connectivity index (χ1v) is 11.5. The second-order valence-electron chi connectivity index (χ2n) is 8.85. The van der Waals surface area contributed by atoms with Crippen LogP contribution in [0.15, 0.2) is 84.9 Å². The Balaban J connectivity index is 1.36. The predicted octanol–water partition coefficient (Wildman–Crippen LogP) is 4.38. The van der Waals surface area contributed by atoms with Gasteiger partial charge in [-0.3, -0.25) is 0 Å². The first-order valence-electron chi connectivity index (χ1n) is 11.5. The molecule has 0 radical (unpaired) electrons. The molecule has 0 aliphatic carbocycles. The lowest BCUT2D eigenvalue weighted by molar-refractivity contribution is -0.0222. The van der Waals surface area contributed by atoms with Crippen LogP contribution >= 0.6 is 0 Å². The van der Waals surface area contributed by atoms with Crippen molar-refractivity contribution in [2.45, 2.75) is 31.5 Å². The summed E-state index contributed by atoms with van der Waals surface area (Å²) in [6, 6.07) is 27.9. The number of hydrogen-bond donors (Lipinski definition) is 2. The number of piperidine rings is 1. The molecule has 3 aromatic carbocycles. The molecule has 32 heavy (non-hydrogen) atoms. The average Bonchev–Trinajstić information content (AvgIpc) is 2.85. The largest absolute Gasteiger partial charge is 0.491 e. The SMILES string of the molecule is Cc1ccc(OC[C@@H](O)CN2CCC(C(O)(c3ccccc3)c3ccccc3)CC2)cc1. The van der Waals surface area contributed by atoms with Crippen molar-refractivity contribution in [2.24, 2.45) is 5.92 Å². The molecule has 1 heterocycles. The fourth-order valence-electron chi connectivity index (χ4n) is 4.73. The van der Waals surface area contributed by atoms with Crippen LogP contribution in [-0.2, 0) is 5.60 Å². The number of likely N-dealkylation sites (tertiary alicyclic amines) is 1. The first-order chi connectivity index (χ1) is 15.6. The van der Waals surface area contributed by atoms with Gasteiger partial charge in [0.25, 0.3) is 0 Å². The quantitative estimate of drug-likeness (QED) is 0.556. The standard InChI is InChI=1S/C28H33NO3/c1-22-12-14-27(15-13-22)32-21-26(30)20-29-18-16-25(17-19-29)28(31,23-8-4-2-5-9-23)24-10-6-3-7-11-24/h2-15,25-26,30-31H,16-21H2,1H3/t26-/m0/s1. The highest BCUT2D eigenvalue weighted by Gasteiger charge is 2.41. The summed E-state index contributed by atoms with van der Waals surface area (Å²) in [6.07, 6.45) is 1.19. The average molecular weight is 432 g/mol. The van der Waals surface area contributed by atoms with Crippen LogP contribution in [0.2, 0.25) is 0 Å². The number of β-amino-alcohol motifs (C(OH)–C–C–N with tert-alkyl or cyclic N) is 1. The molecule has 1 aliphatic heterocycles. The summed E-state index contributed by atoms with van der Waals surface area (Å²) >= 11 is 0. The molecule has 4 rings (SSSR count). The van der Waals surface area contributed by atoms with Gasteiger partial charge in [-0.15, -0.1) is 0 Å². The fraction of sp³-hybridized carbons (Fsp3) is 0.357. The maximum absolute atomic E-state index is 12.0. The van der Waals surface area contributed by atoms with Crippen LogP contribution in [-0.4, -0.2) is 47.5 Å². The highest BCUT2D eigenvalue weighted by Crippen LogP contribution is 2.41. The molecular weight excluding hydrogens is 398 g/mol. The van der Waals surface area contributed by atoms with Gasteiger partial charge in [-0.2, -0.15) is 0 Å². The molecule has 1 atom stereocenters. The Hall–Kier alpha value is -2.66. The molecule has 4 nitrogen and oxygen atoms in total. The summed E-state index contributed by atoms with van der Waals surface area (Å²) in [5.74, 6) is 0.897. The lowest BCUT2D eigenvalue weighted by Gasteiger charge is -2.42. The molecule has 168 valence electrons. The maximum Gasteiger partial charge on any atom is 0.119 e. The second kappa shape index (κ2) is 10.3. The molecule has 0 bridgehead atoms. The minimum Gasteiger partial charge on any atom is -0.491 e. The van der Waals surface area contributed by atoms with Gasteiger partial charge in [0, 0.05) is 6.54 Å². The van der Waals surface area contributed by atoms with Gasteiger partial charge in [-0.25, -0.2) is 0 Å². The van der Waals surface area contributed by atoms with Crippen molar-refractivity contribution in [2.75, 3.05) is 26.2 Å². The zero-order valence-electron chi connectivity index (χ0n) is 18.7. The monoisotopic (exact) mass is 431 g/mol. The number of ether oxygens (including phenoxy) is 1. The molecule has 3 aromatic rings. The summed E-state index contributed by atoms with van der Waals surface area (Å²) in [5, 5.41) is 22.5. The van der Waals surface area contributed by atoms with Gasteiger partial charge < -0.3 is 19.8 Å². The van der Waals surface area contributed by atoms with Crippen molar-refractivity contribution in [1.29, 1.82) is 0 Å². The number of aliphatic hydroxyl groups is 2. The second-order valence-corrected chi connectivity index (χ2v) is 8.85. The highest BCUT2D eigenvalue weighted by atomic mass is 16.5. The van der Waals surface area contributed by atoms with E-state index in [0.717, 1.165) is 42.8 Å². The van der Waals surface area contributed by atoms with Crippen molar-refractivity contribution >= 4 is 0 Å². The van der Waals surface area contributed by atoms with Crippen molar-refractivity contribution in [3.63, 3.8) is 0 Å². The Morgan fingerprint density at radius 1 is 0.875 bits per heavy atom. The van der Waals surface area contributed by atoms with E-state index in [0.29, 0.717) is 6.54 Å². The minimum atomic E-state index is -1.01. The Morgan fingerprint density at radius 3 is 1.94 bits per heavy atom. The predicted molar refractivity (Wildman–Crippen MR) is 128 cm³/mol. The van der Waals surface area contributed by atoms with Gasteiger partial charge in [0.2, 0.25) is 0 Å². The van der Waals surface area contributed by atoms with E-state index in [4.69, 9.17) is 4.74 Å². The van der Waals surface area contributed by atoms with Gasteiger partial charge in [0.1, 0.15) is 24.1 Å². The normalized spacial score (nSPS) is 16.6. The Kier molecular flexibility index (Phi) is 7.26. The number of aliphatic hydroxyl groups excluding tert-OH is 1. The third-order valence-electron chi connectivity index (χ3n) is 6.54. The van der Waals surface area contributed by atoms with Crippen LogP contribution < -0.4 is 4.74 Å². The number of benzene rings is 3. The lowest BCUT2D eigenvalue weighted by Crippen LogP contribution is -2.46. The summed E-state index contributed by atoms with van der Waals surface area (Å²) in [6.45, 7) is 4.58. The van der Waals surface area contributed by atoms with Crippen LogP contribution in [0.4, 0.5) is 0 Å². The van der Waals surface area contributed by atoms with Gasteiger partial charge in [0.15, 0.2) is 0 Å². The van der Waals surface area contributed by atoms with Crippen molar-refractivity contribution in [3.05, 3.63) is 102 Å². The molecule has 4 heteroatoms. The number of rotatable bonds is 8. The molecule has 0 spiro atoms. The molecule has 0 amide bonds. The van der Waals surface area contributed by atoms with E-state index in [1.165, 1.54) is 5.56 Å². The van der Waals surface area contributed by atoms with Gasteiger partial charge in [-0.1, -0.05) is 78.4 Å². The lowest BCUT2D eigenvalue weighted by atomic mass is 9.72. The molecule has 0 saturated carbocycles. The van der Waals surface area contributed by atoms with Crippen LogP contribution in [0.1, 0.15) is 29.5 Å². The number of aryl methyl sites for hydroxylation is 1. The van der Waals surface area contributed by atoms with E-state index in [1.807, 2.05) is 91.9 Å².